The largest absolute Gasteiger partial charge is 0.748 e. The molecule has 4 aromatic carbocycles. The van der Waals surface area contributed by atoms with Gasteiger partial charge in [0.05, 0.1) is 71.9 Å². The van der Waals surface area contributed by atoms with E-state index in [0.717, 1.165) is 58.9 Å². The van der Waals surface area contributed by atoms with Crippen LogP contribution in [0.3, 0.4) is 0 Å². The van der Waals surface area contributed by atoms with Gasteiger partial charge in [0.2, 0.25) is 17.5 Å². The Balaban J connectivity index is 0.000000743. The number of benzene rings is 4. The van der Waals surface area contributed by atoms with E-state index in [-0.39, 0.29) is 48.1 Å². The van der Waals surface area contributed by atoms with Gasteiger partial charge in [-0.3, -0.25) is 9.59 Å². The molecule has 16 heteroatoms. The van der Waals surface area contributed by atoms with Crippen molar-refractivity contribution in [2.24, 2.45) is 0 Å². The molecule has 432 valence electrons. The van der Waals surface area contributed by atoms with E-state index in [2.05, 4.69) is 95.3 Å². The number of carbonyl (C=O) groups is 2. The molecule has 3 aliphatic heterocycles. The molecule has 3 aliphatic rings. The number of carbonyl (C=O) groups excluding carboxylic acids is 2. The van der Waals surface area contributed by atoms with Crippen LogP contribution in [0.15, 0.2) is 132 Å². The minimum Gasteiger partial charge on any atom is -0.748 e. The first-order valence-corrected chi connectivity index (χ1v) is 31.6. The van der Waals surface area contributed by atoms with Crippen LogP contribution in [0, 0.1) is 11.8 Å². The number of nitrogens with one attached hydrogen (secondary N) is 3. The van der Waals surface area contributed by atoms with E-state index < -0.39 is 31.4 Å². The summed E-state index contributed by atoms with van der Waals surface area (Å²) in [5, 5.41) is 2.95. The van der Waals surface area contributed by atoms with E-state index in [1.165, 1.54) is 57.0 Å². The Kier molecular flexibility index (Phi) is 24.3. The minimum absolute atomic E-state index is 0.0610. The summed E-state index contributed by atoms with van der Waals surface area (Å²) in [6.45, 7) is 30.8. The Morgan fingerprint density at radius 1 is 0.675 bits per heavy atom. The van der Waals surface area contributed by atoms with Gasteiger partial charge in [0.1, 0.15) is 16.7 Å². The summed E-state index contributed by atoms with van der Waals surface area (Å²) in [6.07, 6.45) is 12.7. The minimum atomic E-state index is -4.72. The fourth-order valence-electron chi connectivity index (χ4n) is 10.7. The van der Waals surface area contributed by atoms with Gasteiger partial charge >= 0.3 is 0 Å². The third-order valence-electron chi connectivity index (χ3n) is 15.6. The van der Waals surface area contributed by atoms with Crippen LogP contribution in [0.5, 0.6) is 0 Å². The van der Waals surface area contributed by atoms with Gasteiger partial charge in [-0.2, -0.15) is 4.58 Å². The summed E-state index contributed by atoms with van der Waals surface area (Å²) in [7, 11) is -9.16. The van der Waals surface area contributed by atoms with Gasteiger partial charge in [0, 0.05) is 83.7 Å². The maximum atomic E-state index is 13.6. The zero-order valence-corrected chi connectivity index (χ0v) is 50.6. The van der Waals surface area contributed by atoms with E-state index >= 15 is 0 Å². The molecule has 0 fully saturated rings. The van der Waals surface area contributed by atoms with Crippen LogP contribution in [-0.4, -0.2) is 113 Å². The van der Waals surface area contributed by atoms with Crippen LogP contribution in [0.25, 0.3) is 0 Å². The molecule has 0 bridgehead atoms. The molecule has 0 saturated carbocycles. The summed E-state index contributed by atoms with van der Waals surface area (Å²) in [4.78, 5) is 33.2. The van der Waals surface area contributed by atoms with Crippen molar-refractivity contribution in [3.05, 3.63) is 155 Å². The zero-order chi connectivity index (χ0) is 58.7. The van der Waals surface area contributed by atoms with Crippen molar-refractivity contribution in [1.29, 1.82) is 0 Å². The fourth-order valence-corrected chi connectivity index (χ4v) is 11.6. The zero-order valence-electron chi connectivity index (χ0n) is 49.0. The van der Waals surface area contributed by atoms with Crippen molar-refractivity contribution in [2.45, 2.75) is 130 Å². The molecule has 0 unspecified atom stereocenters. The number of hydrogen-bond donors (Lipinski definition) is 3. The molecule has 0 spiro atoms. The van der Waals surface area contributed by atoms with Crippen molar-refractivity contribution in [3.63, 3.8) is 0 Å². The molecule has 14 nitrogen and oxygen atoms in total. The number of allylic oxidation sites excluding steroid dienone is 6. The highest BCUT2D eigenvalue weighted by Crippen LogP contribution is 2.48. The predicted octanol–water partition coefficient (Wildman–Crippen LogP) is 7.57. The predicted molar refractivity (Wildman–Crippen MR) is 321 cm³/mol. The average Bonchev–Trinajstić information content (AvgIpc) is 4.05. The van der Waals surface area contributed by atoms with Crippen molar-refractivity contribution in [2.75, 3.05) is 74.5 Å². The van der Waals surface area contributed by atoms with Crippen molar-refractivity contribution < 1.29 is 49.9 Å². The molecule has 2 amide bonds. The fraction of sp³-hybridized carbons (Fsp3) is 0.453. The molecule has 3 N–H and O–H groups in total. The number of hydrogen-bond acceptors (Lipinski definition) is 9. The number of para-hydroxylation sites is 2. The molecule has 7 rings (SSSR count). The lowest BCUT2D eigenvalue weighted by Crippen LogP contribution is -3.11. The Hall–Kier alpha value is -6.19. The monoisotopic (exact) mass is 1130 g/mol. The standard InChI is InChI=1S/C52H56N4O8S2.2C6H15N/c1-51(2)42-21-13-15-23-45(42)54(33-16-6-9-26-49(57)53-32-31-50(58)56-37-40-20-11-10-18-38(40)27-28-39-19-12-14-22-44(39)56)47(51)24-7-5-8-25-48-52(3,4)43-36-41(66(62,63)64)29-30-46(43)55(48)34-17-35-65(59,60)61;2*1-4-7(5-2)6-3/h5,7-8,10-15,18-25,29-30,36H,6,9,16-17,26,31-35,37H2,1-4H3,(H2-,53,57,59,60,61,62,63,64);2*4-6H2,1-3H3/p+1. The average molecular weight is 1130 g/mol. The topological polar surface area (TPSA) is 179 Å². The lowest BCUT2D eigenvalue weighted by Gasteiger charge is -2.27. The van der Waals surface area contributed by atoms with Crippen LogP contribution in [-0.2, 0) is 47.2 Å². The quantitative estimate of drug-likeness (QED) is 0.0222. The van der Waals surface area contributed by atoms with Crippen molar-refractivity contribution in [1.82, 2.24) is 5.32 Å². The summed E-state index contributed by atoms with van der Waals surface area (Å²) in [6, 6.07) is 28.0. The molecule has 0 aromatic heterocycles. The van der Waals surface area contributed by atoms with E-state index in [1.54, 1.807) is 20.8 Å². The first kappa shape index (κ1) is 64.6. The Bertz CT molecular complexity index is 3160. The molecule has 80 heavy (non-hydrogen) atoms. The summed E-state index contributed by atoms with van der Waals surface area (Å²) in [5.41, 5.74) is 7.85. The SMILES string of the molecule is CC1(C)C(=CC=CC=CC2=[N+](CCCCCC(=O)NCCC(=O)N3Cc4ccccc4C#Cc4ccccc43)c3ccccc3C2(C)C)N(CCCS(=O)(=O)[O-])c2ccc(S(=O)(=O)[O-])cc21.CC[NH+](CC)CC.CC[NH+](CC)CC. The van der Waals surface area contributed by atoms with Crippen molar-refractivity contribution >= 4 is 54.8 Å². The number of nitrogens with zero attached hydrogens (tertiary/aromatic N) is 3. The highest BCUT2D eigenvalue weighted by molar-refractivity contribution is 7.86. The maximum absolute atomic E-state index is 13.6. The Morgan fingerprint density at radius 3 is 1.93 bits per heavy atom. The van der Waals surface area contributed by atoms with Gasteiger partial charge in [0.15, 0.2) is 5.71 Å². The molecule has 0 radical (unpaired) electrons. The molecular weight excluding hydrogens is 1040 g/mol. The summed E-state index contributed by atoms with van der Waals surface area (Å²) >= 11 is 0. The van der Waals surface area contributed by atoms with Crippen LogP contribution in [0.1, 0.15) is 136 Å². The lowest BCUT2D eigenvalue weighted by molar-refractivity contribution is -0.894. The number of unbranched alkanes of at least 4 members (excludes halogenated alkanes) is 2. The summed E-state index contributed by atoms with van der Waals surface area (Å²) < 4.78 is 72.4. The molecular formula is C64H87N6O8S2+. The van der Waals surface area contributed by atoms with Crippen LogP contribution in [0.4, 0.5) is 17.1 Å². The van der Waals surface area contributed by atoms with Gasteiger partial charge < -0.3 is 34.0 Å². The molecule has 3 heterocycles. The number of amides is 2. The third-order valence-corrected chi connectivity index (χ3v) is 17.2. The highest BCUT2D eigenvalue weighted by Gasteiger charge is 2.44. The van der Waals surface area contributed by atoms with Crippen molar-refractivity contribution in [3.8, 4) is 11.8 Å². The van der Waals surface area contributed by atoms with Gasteiger partial charge in [-0.05, 0) is 128 Å². The molecule has 0 saturated heterocycles. The Labute approximate surface area is 478 Å². The smallest absolute Gasteiger partial charge is 0.229 e. The normalized spacial score (nSPS) is 15.6. The highest BCUT2D eigenvalue weighted by atomic mass is 32.2. The summed E-state index contributed by atoms with van der Waals surface area (Å²) in [5.74, 6) is 5.74. The first-order chi connectivity index (χ1) is 38.1. The lowest BCUT2D eigenvalue weighted by atomic mass is 9.81. The number of anilines is 2. The number of quaternary nitrogens is 2. The Morgan fingerprint density at radius 2 is 1.29 bits per heavy atom. The van der Waals surface area contributed by atoms with Gasteiger partial charge in [-0.15, -0.1) is 0 Å². The molecule has 0 atom stereocenters. The maximum Gasteiger partial charge on any atom is 0.229 e. The molecule has 4 aromatic rings. The second-order valence-corrected chi connectivity index (χ2v) is 24.3. The second kappa shape index (κ2) is 30.0. The van der Waals surface area contributed by atoms with E-state index in [4.69, 9.17) is 0 Å². The number of rotatable bonds is 23. The van der Waals surface area contributed by atoms with Crippen LogP contribution < -0.4 is 24.9 Å². The first-order valence-electron chi connectivity index (χ1n) is 28.6. The van der Waals surface area contributed by atoms with Crippen LogP contribution in [0.2, 0.25) is 0 Å². The van der Waals surface area contributed by atoms with E-state index in [1.807, 2.05) is 104 Å². The van der Waals surface area contributed by atoms with Gasteiger partial charge in [0.25, 0.3) is 0 Å². The molecule has 0 aliphatic carbocycles. The van der Waals surface area contributed by atoms with Gasteiger partial charge in [-0.25, -0.2) is 16.8 Å². The van der Waals surface area contributed by atoms with Crippen LogP contribution >= 0.6 is 0 Å². The number of fused-ring (bicyclic) bond motifs is 4. The van der Waals surface area contributed by atoms with E-state index in [0.29, 0.717) is 30.6 Å². The van der Waals surface area contributed by atoms with E-state index in [9.17, 15) is 35.5 Å². The van der Waals surface area contributed by atoms with Gasteiger partial charge in [-0.1, -0.05) is 92.4 Å². The second-order valence-electron chi connectivity index (χ2n) is 21.4. The third kappa shape index (κ3) is 17.4.